The Kier molecular flexibility index (Phi) is 4.46. The van der Waals surface area contributed by atoms with E-state index in [4.69, 9.17) is 0 Å². The number of hydrogen-bond acceptors (Lipinski definition) is 2. The highest BCUT2D eigenvalue weighted by Gasteiger charge is 1.99. The fourth-order valence-corrected chi connectivity index (χ4v) is 0.474. The van der Waals surface area contributed by atoms with Crippen LogP contribution in [0.1, 0.15) is 26.7 Å². The van der Waals surface area contributed by atoms with Crippen LogP contribution in [0.5, 0.6) is 0 Å². The molecule has 0 saturated heterocycles. The normalized spacial score (nSPS) is 10.2. The maximum Gasteiger partial charge on any atom is 0.220 e. The van der Waals surface area contributed by atoms with Crippen LogP contribution in [0.4, 0.5) is 0 Å². The van der Waals surface area contributed by atoms with Crippen LogP contribution < -0.4 is 0 Å². The van der Waals surface area contributed by atoms with Crippen LogP contribution in [0.2, 0.25) is 0 Å². The molecule has 56 valence electrons. The van der Waals surface area contributed by atoms with Crippen molar-refractivity contribution in [2.24, 2.45) is 0 Å². The molecule has 0 spiro atoms. The predicted octanol–water partition coefficient (Wildman–Crippen LogP) is 1.50. The van der Waals surface area contributed by atoms with Crippen LogP contribution in [0.3, 0.4) is 0 Å². The molecule has 0 rings (SSSR count). The van der Waals surface area contributed by atoms with Crippen molar-refractivity contribution in [3.63, 3.8) is 0 Å². The number of carbonyl (C=O) groups excluding carboxylic acids is 2. The van der Waals surface area contributed by atoms with Crippen molar-refractivity contribution in [1.29, 1.82) is 0 Å². The molecule has 0 unspecified atom stereocenters. The number of allylic oxidation sites excluding steroid dienone is 2. The lowest BCUT2D eigenvalue weighted by molar-refractivity contribution is -0.132. The quantitative estimate of drug-likeness (QED) is 0.438. The van der Waals surface area contributed by atoms with E-state index in [1.54, 1.807) is 6.08 Å². The van der Waals surface area contributed by atoms with Gasteiger partial charge in [-0.3, -0.25) is 9.59 Å². The molecule has 0 N–H and O–H groups in total. The summed E-state index contributed by atoms with van der Waals surface area (Å²) in [6, 6.07) is 0. The van der Waals surface area contributed by atoms with Gasteiger partial charge in [0.2, 0.25) is 5.78 Å². The van der Waals surface area contributed by atoms with E-state index in [-0.39, 0.29) is 0 Å². The Hall–Kier alpha value is -0.920. The van der Waals surface area contributed by atoms with E-state index < -0.39 is 11.6 Å². The Morgan fingerprint density at radius 3 is 2.40 bits per heavy atom. The molecule has 10 heavy (non-hydrogen) atoms. The molecule has 0 radical (unpaired) electrons. The molecule has 0 fully saturated rings. The molecule has 0 aromatic carbocycles. The topological polar surface area (TPSA) is 34.1 Å². The van der Waals surface area contributed by atoms with Gasteiger partial charge in [-0.05, 0) is 12.5 Å². The SMILES string of the molecule is CCCC=CC(=O)C(C)=O. The van der Waals surface area contributed by atoms with Crippen molar-refractivity contribution < 1.29 is 9.59 Å². The van der Waals surface area contributed by atoms with Crippen LogP contribution in [-0.4, -0.2) is 11.6 Å². The van der Waals surface area contributed by atoms with Gasteiger partial charge >= 0.3 is 0 Å². The van der Waals surface area contributed by atoms with E-state index in [0.29, 0.717) is 0 Å². The predicted molar refractivity (Wildman–Crippen MR) is 39.7 cm³/mol. The van der Waals surface area contributed by atoms with Crippen molar-refractivity contribution in [3.05, 3.63) is 12.2 Å². The molecule has 0 bridgehead atoms. The molecule has 0 aromatic heterocycles. The molecule has 0 aliphatic heterocycles. The molecule has 0 aromatic rings. The Bertz CT molecular complexity index is 157. The van der Waals surface area contributed by atoms with Gasteiger partial charge in [0.1, 0.15) is 0 Å². The molecular weight excluding hydrogens is 128 g/mol. The molecule has 0 aliphatic rings. The summed E-state index contributed by atoms with van der Waals surface area (Å²) in [5.74, 6) is -0.805. The second-order valence-corrected chi connectivity index (χ2v) is 2.11. The highest BCUT2D eigenvalue weighted by Crippen LogP contribution is 1.88. The summed E-state index contributed by atoms with van der Waals surface area (Å²) in [4.78, 5) is 20.9. The zero-order chi connectivity index (χ0) is 7.98. The molecule has 0 amide bonds. The number of ketones is 2. The van der Waals surface area contributed by atoms with E-state index >= 15 is 0 Å². The van der Waals surface area contributed by atoms with Crippen molar-refractivity contribution in [3.8, 4) is 0 Å². The molecular formula is C8H12O2. The second-order valence-electron chi connectivity index (χ2n) is 2.11. The fourth-order valence-electron chi connectivity index (χ4n) is 0.474. The van der Waals surface area contributed by atoms with E-state index in [2.05, 4.69) is 0 Å². The van der Waals surface area contributed by atoms with Crippen LogP contribution in [0.25, 0.3) is 0 Å². The lowest BCUT2D eigenvalue weighted by Crippen LogP contribution is -2.04. The number of rotatable bonds is 4. The van der Waals surface area contributed by atoms with Crippen LogP contribution in [0, 0.1) is 0 Å². The monoisotopic (exact) mass is 140 g/mol. The van der Waals surface area contributed by atoms with Crippen LogP contribution >= 0.6 is 0 Å². The summed E-state index contributed by atoms with van der Waals surface area (Å²) in [7, 11) is 0. The summed E-state index contributed by atoms with van der Waals surface area (Å²) in [5, 5.41) is 0. The second kappa shape index (κ2) is 4.91. The maximum atomic E-state index is 10.6. The standard InChI is InChI=1S/C8H12O2/c1-3-4-5-6-8(10)7(2)9/h5-6H,3-4H2,1-2H3. The third-order valence-electron chi connectivity index (χ3n) is 1.07. The average molecular weight is 140 g/mol. The number of Topliss-reactive ketones (excluding diaryl/α,β-unsaturated/α-hetero) is 1. The summed E-state index contributed by atoms with van der Waals surface area (Å²) in [6.07, 6.45) is 4.93. The Morgan fingerprint density at radius 2 is 2.00 bits per heavy atom. The number of unbranched alkanes of at least 4 members (excludes halogenated alkanes) is 1. The van der Waals surface area contributed by atoms with Crippen molar-refractivity contribution in [1.82, 2.24) is 0 Å². The zero-order valence-electron chi connectivity index (χ0n) is 6.39. The van der Waals surface area contributed by atoms with E-state index in [1.807, 2.05) is 6.92 Å². The lowest BCUT2D eigenvalue weighted by atomic mass is 10.2. The minimum absolute atomic E-state index is 0.396. The highest BCUT2D eigenvalue weighted by molar-refractivity contribution is 6.40. The van der Waals surface area contributed by atoms with Crippen molar-refractivity contribution in [2.45, 2.75) is 26.7 Å². The third kappa shape index (κ3) is 4.01. The first kappa shape index (κ1) is 9.08. The van der Waals surface area contributed by atoms with Gasteiger partial charge in [-0.1, -0.05) is 19.4 Å². The van der Waals surface area contributed by atoms with Gasteiger partial charge in [-0.25, -0.2) is 0 Å². The Labute approximate surface area is 60.9 Å². The molecule has 0 saturated carbocycles. The van der Waals surface area contributed by atoms with Gasteiger partial charge in [0.25, 0.3) is 0 Å². The first-order valence-corrected chi connectivity index (χ1v) is 3.40. The first-order valence-electron chi connectivity index (χ1n) is 3.40. The summed E-state index contributed by atoms with van der Waals surface area (Å²) >= 11 is 0. The van der Waals surface area contributed by atoms with Crippen LogP contribution in [0.15, 0.2) is 12.2 Å². The third-order valence-corrected chi connectivity index (χ3v) is 1.07. The molecule has 2 nitrogen and oxygen atoms in total. The van der Waals surface area contributed by atoms with E-state index in [9.17, 15) is 9.59 Å². The Morgan fingerprint density at radius 1 is 1.40 bits per heavy atom. The number of carbonyl (C=O) groups is 2. The minimum atomic E-state index is -0.409. The molecule has 2 heteroatoms. The van der Waals surface area contributed by atoms with E-state index in [1.165, 1.54) is 13.0 Å². The van der Waals surface area contributed by atoms with Gasteiger partial charge in [-0.2, -0.15) is 0 Å². The first-order chi connectivity index (χ1) is 4.68. The molecule has 0 aliphatic carbocycles. The van der Waals surface area contributed by atoms with Gasteiger partial charge < -0.3 is 0 Å². The van der Waals surface area contributed by atoms with Crippen LogP contribution in [-0.2, 0) is 9.59 Å². The van der Waals surface area contributed by atoms with Gasteiger partial charge in [0, 0.05) is 6.92 Å². The highest BCUT2D eigenvalue weighted by atomic mass is 16.2. The largest absolute Gasteiger partial charge is 0.291 e. The summed E-state index contributed by atoms with van der Waals surface area (Å²) in [5.41, 5.74) is 0. The van der Waals surface area contributed by atoms with E-state index in [0.717, 1.165) is 12.8 Å². The minimum Gasteiger partial charge on any atom is -0.291 e. The number of hydrogen-bond donors (Lipinski definition) is 0. The van der Waals surface area contributed by atoms with Gasteiger partial charge in [-0.15, -0.1) is 0 Å². The lowest BCUT2D eigenvalue weighted by Gasteiger charge is -1.83. The van der Waals surface area contributed by atoms with Gasteiger partial charge in [0.05, 0.1) is 0 Å². The molecule has 0 heterocycles. The Balaban J connectivity index is 3.67. The fraction of sp³-hybridized carbons (Fsp3) is 0.500. The summed E-state index contributed by atoms with van der Waals surface area (Å²) < 4.78 is 0. The average Bonchev–Trinajstić information content (AvgIpc) is 1.88. The maximum absolute atomic E-state index is 10.6. The van der Waals surface area contributed by atoms with Crippen molar-refractivity contribution >= 4 is 11.6 Å². The smallest absolute Gasteiger partial charge is 0.220 e. The molecule has 0 atom stereocenters. The zero-order valence-corrected chi connectivity index (χ0v) is 6.39. The van der Waals surface area contributed by atoms with Crippen molar-refractivity contribution in [2.75, 3.05) is 0 Å². The van der Waals surface area contributed by atoms with Gasteiger partial charge in [0.15, 0.2) is 5.78 Å². The summed E-state index contributed by atoms with van der Waals surface area (Å²) in [6.45, 7) is 3.29.